The van der Waals surface area contributed by atoms with E-state index in [2.05, 4.69) is 5.32 Å². The first-order chi connectivity index (χ1) is 9.60. The van der Waals surface area contributed by atoms with Crippen LogP contribution in [0.15, 0.2) is 24.3 Å². The molecule has 6 heteroatoms. The smallest absolute Gasteiger partial charge is 0.229 e. The van der Waals surface area contributed by atoms with Crippen LogP contribution >= 0.6 is 0 Å². The van der Waals surface area contributed by atoms with Crippen LogP contribution in [-0.4, -0.2) is 29.2 Å². The van der Waals surface area contributed by atoms with Gasteiger partial charge in [0.1, 0.15) is 0 Å². The number of carbonyl (C=O) groups is 3. The van der Waals surface area contributed by atoms with Crippen LogP contribution in [-0.2, 0) is 20.9 Å². The quantitative estimate of drug-likeness (QED) is 0.771. The van der Waals surface area contributed by atoms with E-state index in [0.29, 0.717) is 12.2 Å². The first kappa shape index (κ1) is 14.2. The lowest BCUT2D eigenvalue weighted by molar-refractivity contribution is -0.138. The highest BCUT2D eigenvalue weighted by Gasteiger charge is 2.28. The van der Waals surface area contributed by atoms with Crippen LogP contribution in [0.3, 0.4) is 0 Å². The summed E-state index contributed by atoms with van der Waals surface area (Å²) in [7, 11) is 0. The zero-order valence-electron chi connectivity index (χ0n) is 11.1. The third-order valence-corrected chi connectivity index (χ3v) is 3.19. The minimum atomic E-state index is -0.224. The predicted octanol–water partition coefficient (Wildman–Crippen LogP) is 0.623. The van der Waals surface area contributed by atoms with Crippen molar-refractivity contribution in [1.82, 2.24) is 4.90 Å². The van der Waals surface area contributed by atoms with Crippen molar-refractivity contribution in [3.8, 4) is 0 Å². The molecule has 3 amide bonds. The molecule has 2 rings (SSSR count). The molecule has 0 atom stereocenters. The number of carbonyl (C=O) groups excluding carboxylic acids is 3. The fraction of sp³-hybridized carbons (Fsp3) is 0.357. The van der Waals surface area contributed by atoms with Crippen LogP contribution in [0.2, 0.25) is 0 Å². The normalized spacial score (nSPS) is 14.8. The molecule has 0 aromatic heterocycles. The first-order valence-electron chi connectivity index (χ1n) is 6.52. The SMILES string of the molecule is NCc1ccc(NC(=O)CCN2C(=O)CCC2=O)cc1. The number of rotatable bonds is 5. The Balaban J connectivity index is 1.83. The van der Waals surface area contributed by atoms with E-state index in [0.717, 1.165) is 10.5 Å². The van der Waals surface area contributed by atoms with Crippen molar-refractivity contribution in [2.24, 2.45) is 5.73 Å². The van der Waals surface area contributed by atoms with Gasteiger partial charge in [-0.05, 0) is 17.7 Å². The lowest BCUT2D eigenvalue weighted by Crippen LogP contribution is -2.32. The molecule has 0 unspecified atom stereocenters. The number of imide groups is 1. The van der Waals surface area contributed by atoms with Crippen LogP contribution in [0.25, 0.3) is 0 Å². The number of amides is 3. The number of nitrogens with zero attached hydrogens (tertiary/aromatic N) is 1. The standard InChI is InChI=1S/C14H17N3O3/c15-9-10-1-3-11(4-2-10)16-12(18)7-8-17-13(19)5-6-14(17)20/h1-4H,5-9,15H2,(H,16,18). The highest BCUT2D eigenvalue weighted by atomic mass is 16.2. The Bertz CT molecular complexity index is 509. The van der Waals surface area contributed by atoms with Crippen LogP contribution in [0.5, 0.6) is 0 Å². The molecule has 0 saturated carbocycles. The van der Waals surface area contributed by atoms with E-state index in [1.165, 1.54) is 0 Å². The lowest BCUT2D eigenvalue weighted by Gasteiger charge is -2.13. The van der Waals surface area contributed by atoms with E-state index >= 15 is 0 Å². The number of nitrogens with two attached hydrogens (primary N) is 1. The molecule has 1 heterocycles. The second-order valence-corrected chi connectivity index (χ2v) is 4.64. The second kappa shape index (κ2) is 6.29. The lowest BCUT2D eigenvalue weighted by atomic mass is 10.2. The molecule has 0 radical (unpaired) electrons. The van der Waals surface area contributed by atoms with Crippen LogP contribution < -0.4 is 11.1 Å². The molecule has 106 valence electrons. The zero-order chi connectivity index (χ0) is 14.5. The van der Waals surface area contributed by atoms with Gasteiger partial charge in [0.15, 0.2) is 0 Å². The Morgan fingerprint density at radius 2 is 1.75 bits per heavy atom. The Kier molecular flexibility index (Phi) is 4.47. The molecular weight excluding hydrogens is 258 g/mol. The van der Waals surface area contributed by atoms with Crippen molar-refractivity contribution in [1.29, 1.82) is 0 Å². The maximum Gasteiger partial charge on any atom is 0.229 e. The van der Waals surface area contributed by atoms with Gasteiger partial charge in [0.05, 0.1) is 0 Å². The molecule has 3 N–H and O–H groups in total. The van der Waals surface area contributed by atoms with Crippen molar-refractivity contribution >= 4 is 23.4 Å². The average Bonchev–Trinajstić information content (AvgIpc) is 2.77. The van der Waals surface area contributed by atoms with Gasteiger partial charge < -0.3 is 11.1 Å². The zero-order valence-corrected chi connectivity index (χ0v) is 11.1. The molecule has 20 heavy (non-hydrogen) atoms. The van der Waals surface area contributed by atoms with Gasteiger partial charge in [0.2, 0.25) is 17.7 Å². The number of hydrogen-bond acceptors (Lipinski definition) is 4. The average molecular weight is 275 g/mol. The molecule has 1 aromatic carbocycles. The topological polar surface area (TPSA) is 92.5 Å². The Morgan fingerprint density at radius 1 is 1.15 bits per heavy atom. The van der Waals surface area contributed by atoms with Gasteiger partial charge in [-0.15, -0.1) is 0 Å². The predicted molar refractivity (Wildman–Crippen MR) is 73.5 cm³/mol. The molecule has 0 aliphatic carbocycles. The minimum Gasteiger partial charge on any atom is -0.326 e. The van der Waals surface area contributed by atoms with Gasteiger partial charge >= 0.3 is 0 Å². The van der Waals surface area contributed by atoms with Crippen molar-refractivity contribution < 1.29 is 14.4 Å². The Morgan fingerprint density at radius 3 is 2.30 bits per heavy atom. The molecule has 0 spiro atoms. The summed E-state index contributed by atoms with van der Waals surface area (Å²) in [5.74, 6) is -0.622. The van der Waals surface area contributed by atoms with Gasteiger partial charge in [-0.1, -0.05) is 12.1 Å². The van der Waals surface area contributed by atoms with Gasteiger partial charge in [-0.25, -0.2) is 0 Å². The summed E-state index contributed by atoms with van der Waals surface area (Å²) in [6, 6.07) is 7.21. The largest absolute Gasteiger partial charge is 0.326 e. The second-order valence-electron chi connectivity index (χ2n) is 4.64. The molecular formula is C14H17N3O3. The summed E-state index contributed by atoms with van der Waals surface area (Å²) >= 11 is 0. The van der Waals surface area contributed by atoms with E-state index in [4.69, 9.17) is 5.73 Å². The summed E-state index contributed by atoms with van der Waals surface area (Å²) < 4.78 is 0. The molecule has 1 saturated heterocycles. The van der Waals surface area contributed by atoms with E-state index in [9.17, 15) is 14.4 Å². The van der Waals surface area contributed by atoms with E-state index in [1.807, 2.05) is 12.1 Å². The highest BCUT2D eigenvalue weighted by Crippen LogP contribution is 2.13. The third-order valence-electron chi connectivity index (χ3n) is 3.19. The first-order valence-corrected chi connectivity index (χ1v) is 6.52. The molecule has 0 bridgehead atoms. The minimum absolute atomic E-state index is 0.107. The van der Waals surface area contributed by atoms with E-state index < -0.39 is 0 Å². The summed E-state index contributed by atoms with van der Waals surface area (Å²) in [6.45, 7) is 0.595. The van der Waals surface area contributed by atoms with Gasteiger partial charge in [0.25, 0.3) is 0 Å². The monoisotopic (exact) mass is 275 g/mol. The van der Waals surface area contributed by atoms with Crippen molar-refractivity contribution in [2.75, 3.05) is 11.9 Å². The van der Waals surface area contributed by atoms with E-state index in [-0.39, 0.29) is 43.5 Å². The summed E-state index contributed by atoms with van der Waals surface area (Å²) in [5.41, 5.74) is 7.14. The molecule has 1 aliphatic heterocycles. The Labute approximate surface area is 116 Å². The fourth-order valence-electron chi connectivity index (χ4n) is 2.03. The molecule has 1 aromatic rings. The number of anilines is 1. The van der Waals surface area contributed by atoms with Crippen molar-refractivity contribution in [3.63, 3.8) is 0 Å². The van der Waals surface area contributed by atoms with Gasteiger partial charge in [0, 0.05) is 38.0 Å². The molecule has 1 aliphatic rings. The van der Waals surface area contributed by atoms with Crippen molar-refractivity contribution in [2.45, 2.75) is 25.8 Å². The number of likely N-dealkylation sites (tertiary alicyclic amines) is 1. The third kappa shape index (κ3) is 3.42. The van der Waals surface area contributed by atoms with E-state index in [1.54, 1.807) is 12.1 Å². The van der Waals surface area contributed by atoms with Crippen molar-refractivity contribution in [3.05, 3.63) is 29.8 Å². The van der Waals surface area contributed by atoms with Gasteiger partial charge in [-0.3, -0.25) is 19.3 Å². The summed E-state index contributed by atoms with van der Waals surface area (Å²) in [6.07, 6.45) is 0.609. The summed E-state index contributed by atoms with van der Waals surface area (Å²) in [5, 5.41) is 2.72. The number of benzene rings is 1. The van der Waals surface area contributed by atoms with Crippen LogP contribution in [0.1, 0.15) is 24.8 Å². The highest BCUT2D eigenvalue weighted by molar-refractivity contribution is 6.02. The fourth-order valence-corrected chi connectivity index (χ4v) is 2.03. The maximum atomic E-state index is 11.8. The summed E-state index contributed by atoms with van der Waals surface area (Å²) in [4.78, 5) is 35.7. The maximum absolute atomic E-state index is 11.8. The van der Waals surface area contributed by atoms with Crippen LogP contribution in [0, 0.1) is 0 Å². The molecule has 1 fully saturated rings. The number of nitrogens with one attached hydrogen (secondary N) is 1. The molecule has 6 nitrogen and oxygen atoms in total. The number of hydrogen-bond donors (Lipinski definition) is 2. The van der Waals surface area contributed by atoms with Gasteiger partial charge in [-0.2, -0.15) is 0 Å². The van der Waals surface area contributed by atoms with Crippen LogP contribution in [0.4, 0.5) is 5.69 Å². The Hall–Kier alpha value is -2.21.